The third-order valence-electron chi connectivity index (χ3n) is 3.11. The van der Waals surface area contributed by atoms with Crippen molar-refractivity contribution in [3.05, 3.63) is 30.1 Å². The zero-order chi connectivity index (χ0) is 14.4. The van der Waals surface area contributed by atoms with Crippen molar-refractivity contribution >= 4 is 17.4 Å². The molecular weight excluding hydrogens is 258 g/mol. The summed E-state index contributed by atoms with van der Waals surface area (Å²) < 4.78 is 1.57. The van der Waals surface area contributed by atoms with Crippen LogP contribution in [0.5, 0.6) is 0 Å². The molecule has 6 nitrogen and oxygen atoms in total. The van der Waals surface area contributed by atoms with Crippen molar-refractivity contribution in [2.75, 3.05) is 18.5 Å². The Bertz CT molecular complexity index is 580. The van der Waals surface area contributed by atoms with E-state index >= 15 is 0 Å². The van der Waals surface area contributed by atoms with E-state index in [0.29, 0.717) is 18.0 Å². The van der Waals surface area contributed by atoms with Crippen LogP contribution < -0.4 is 5.32 Å². The van der Waals surface area contributed by atoms with Gasteiger partial charge in [0.25, 0.3) is 0 Å². The minimum absolute atomic E-state index is 0.163. The van der Waals surface area contributed by atoms with Crippen LogP contribution in [0.3, 0.4) is 0 Å². The number of pyridine rings is 1. The molecular formula is C14H19N3O3. The first-order valence-electron chi connectivity index (χ1n) is 6.79. The molecule has 0 amide bonds. The van der Waals surface area contributed by atoms with E-state index in [-0.39, 0.29) is 12.3 Å². The first kappa shape index (κ1) is 14.3. The first-order valence-corrected chi connectivity index (χ1v) is 6.79. The highest BCUT2D eigenvalue weighted by molar-refractivity contribution is 5.92. The normalized spacial score (nSPS) is 10.8. The summed E-state index contributed by atoms with van der Waals surface area (Å²) >= 11 is 0. The van der Waals surface area contributed by atoms with Crippen molar-refractivity contribution in [1.82, 2.24) is 9.38 Å². The molecule has 0 aliphatic heterocycles. The number of imidazole rings is 1. The van der Waals surface area contributed by atoms with E-state index in [4.69, 9.17) is 5.11 Å². The Morgan fingerprint density at radius 3 is 2.80 bits per heavy atom. The van der Waals surface area contributed by atoms with Gasteiger partial charge in [-0.2, -0.15) is 0 Å². The molecule has 0 aromatic carbocycles. The maximum Gasteiger partial charge on any atom is 0.356 e. The Hall–Kier alpha value is -2.08. The molecule has 2 rings (SSSR count). The molecule has 2 aromatic rings. The van der Waals surface area contributed by atoms with Crippen LogP contribution in [0.4, 0.5) is 5.82 Å². The van der Waals surface area contributed by atoms with Crippen molar-refractivity contribution in [2.45, 2.75) is 25.7 Å². The minimum Gasteiger partial charge on any atom is -0.476 e. The summed E-state index contributed by atoms with van der Waals surface area (Å²) in [7, 11) is 0. The van der Waals surface area contributed by atoms with Crippen molar-refractivity contribution < 1.29 is 15.0 Å². The number of aliphatic hydroxyl groups is 1. The molecule has 6 heteroatoms. The largest absolute Gasteiger partial charge is 0.476 e. The number of aromatic carboxylic acids is 1. The van der Waals surface area contributed by atoms with Crippen LogP contribution in [-0.4, -0.2) is 38.7 Å². The summed E-state index contributed by atoms with van der Waals surface area (Å²) in [5.41, 5.74) is 0.781. The number of rotatable bonds is 8. The van der Waals surface area contributed by atoms with Crippen molar-refractivity contribution in [2.24, 2.45) is 0 Å². The number of carboxylic acids is 1. The van der Waals surface area contributed by atoms with Gasteiger partial charge < -0.3 is 15.5 Å². The van der Waals surface area contributed by atoms with Crippen LogP contribution in [0.1, 0.15) is 36.2 Å². The summed E-state index contributed by atoms with van der Waals surface area (Å²) in [6.07, 6.45) is 5.42. The van der Waals surface area contributed by atoms with Crippen LogP contribution in [0.15, 0.2) is 24.4 Å². The monoisotopic (exact) mass is 277 g/mol. The average Bonchev–Trinajstić information content (AvgIpc) is 2.81. The molecule has 0 bridgehead atoms. The summed E-state index contributed by atoms with van der Waals surface area (Å²) in [6, 6.07) is 5.38. The second-order valence-corrected chi connectivity index (χ2v) is 4.61. The Balaban J connectivity index is 2.02. The number of carboxylic acid groups (broad SMARTS) is 1. The van der Waals surface area contributed by atoms with E-state index in [1.54, 1.807) is 22.7 Å². The third-order valence-corrected chi connectivity index (χ3v) is 3.11. The van der Waals surface area contributed by atoms with Gasteiger partial charge in [-0.05, 0) is 25.0 Å². The number of carbonyl (C=O) groups is 1. The van der Waals surface area contributed by atoms with Crippen molar-refractivity contribution in [3.63, 3.8) is 0 Å². The van der Waals surface area contributed by atoms with Crippen molar-refractivity contribution in [3.8, 4) is 0 Å². The summed E-state index contributed by atoms with van der Waals surface area (Å²) in [5, 5.41) is 21.1. The van der Waals surface area contributed by atoms with E-state index in [0.717, 1.165) is 25.7 Å². The highest BCUT2D eigenvalue weighted by atomic mass is 16.4. The number of aromatic nitrogens is 2. The molecule has 3 N–H and O–H groups in total. The van der Waals surface area contributed by atoms with Gasteiger partial charge in [0.15, 0.2) is 11.5 Å². The van der Waals surface area contributed by atoms with E-state index in [1.165, 1.54) is 0 Å². The van der Waals surface area contributed by atoms with Gasteiger partial charge in [0.05, 0.1) is 0 Å². The second kappa shape index (κ2) is 6.91. The number of hydrogen-bond acceptors (Lipinski definition) is 4. The fourth-order valence-corrected chi connectivity index (χ4v) is 2.12. The lowest BCUT2D eigenvalue weighted by atomic mass is 10.2. The zero-order valence-electron chi connectivity index (χ0n) is 11.2. The molecule has 0 unspecified atom stereocenters. The molecule has 0 radical (unpaired) electrons. The number of fused-ring (bicyclic) bond motifs is 1. The molecule has 20 heavy (non-hydrogen) atoms. The highest BCUT2D eigenvalue weighted by Crippen LogP contribution is 2.17. The predicted molar refractivity (Wildman–Crippen MR) is 76.2 cm³/mol. The molecule has 0 spiro atoms. The summed E-state index contributed by atoms with van der Waals surface area (Å²) in [6.45, 7) is 0.901. The maximum absolute atomic E-state index is 11.3. The first-order chi connectivity index (χ1) is 9.74. The van der Waals surface area contributed by atoms with Gasteiger partial charge in [-0.1, -0.05) is 18.9 Å². The maximum atomic E-state index is 11.3. The standard InChI is InChI=1S/C14H19N3O3/c18-10-6-2-1-4-8-15-13-12(14(19)20)17-9-5-3-7-11(17)16-13/h3,5,7,9,15,18H,1-2,4,6,8,10H2,(H,19,20). The van der Waals surface area contributed by atoms with E-state index in [2.05, 4.69) is 10.3 Å². The second-order valence-electron chi connectivity index (χ2n) is 4.61. The molecule has 2 aromatic heterocycles. The van der Waals surface area contributed by atoms with Crippen LogP contribution in [0.2, 0.25) is 0 Å². The zero-order valence-corrected chi connectivity index (χ0v) is 11.2. The van der Waals surface area contributed by atoms with Gasteiger partial charge in [-0.15, -0.1) is 0 Å². The Morgan fingerprint density at radius 1 is 1.25 bits per heavy atom. The van der Waals surface area contributed by atoms with Gasteiger partial charge in [0.2, 0.25) is 0 Å². The summed E-state index contributed by atoms with van der Waals surface area (Å²) in [4.78, 5) is 15.6. The lowest BCUT2D eigenvalue weighted by Gasteiger charge is -2.04. The molecule has 2 heterocycles. The third kappa shape index (κ3) is 3.27. The number of nitrogens with one attached hydrogen (secondary N) is 1. The van der Waals surface area contributed by atoms with Crippen LogP contribution in [0.25, 0.3) is 5.65 Å². The van der Waals surface area contributed by atoms with Gasteiger partial charge in [0, 0.05) is 19.3 Å². The van der Waals surface area contributed by atoms with Crippen LogP contribution in [-0.2, 0) is 0 Å². The fraction of sp³-hybridized carbons (Fsp3) is 0.429. The number of anilines is 1. The van der Waals surface area contributed by atoms with Crippen molar-refractivity contribution in [1.29, 1.82) is 0 Å². The minimum atomic E-state index is -0.994. The summed E-state index contributed by atoms with van der Waals surface area (Å²) in [5.74, 6) is -0.586. The Kier molecular flexibility index (Phi) is 4.95. The SMILES string of the molecule is O=C(O)c1c(NCCCCCCO)nc2ccccn12. The molecule has 108 valence electrons. The number of unbranched alkanes of at least 4 members (excludes halogenated alkanes) is 3. The average molecular weight is 277 g/mol. The topological polar surface area (TPSA) is 86.9 Å². The molecule has 0 atom stereocenters. The van der Waals surface area contributed by atoms with E-state index in [1.807, 2.05) is 6.07 Å². The lowest BCUT2D eigenvalue weighted by Crippen LogP contribution is -2.09. The van der Waals surface area contributed by atoms with E-state index < -0.39 is 5.97 Å². The smallest absolute Gasteiger partial charge is 0.356 e. The Morgan fingerprint density at radius 2 is 2.05 bits per heavy atom. The predicted octanol–water partition coefficient (Wildman–Crippen LogP) is 2.00. The van der Waals surface area contributed by atoms with Gasteiger partial charge in [-0.3, -0.25) is 4.40 Å². The quantitative estimate of drug-likeness (QED) is 0.642. The van der Waals surface area contributed by atoms with Crippen LogP contribution >= 0.6 is 0 Å². The Labute approximate surface area is 117 Å². The molecule has 0 aliphatic carbocycles. The fourth-order valence-electron chi connectivity index (χ4n) is 2.12. The molecule has 0 saturated heterocycles. The number of aliphatic hydroxyl groups excluding tert-OH is 1. The van der Waals surface area contributed by atoms with E-state index in [9.17, 15) is 9.90 Å². The highest BCUT2D eigenvalue weighted by Gasteiger charge is 2.17. The van der Waals surface area contributed by atoms with Gasteiger partial charge in [0.1, 0.15) is 5.65 Å². The van der Waals surface area contributed by atoms with Crippen LogP contribution in [0, 0.1) is 0 Å². The van der Waals surface area contributed by atoms with Gasteiger partial charge >= 0.3 is 5.97 Å². The number of nitrogens with zero attached hydrogens (tertiary/aromatic N) is 2. The number of hydrogen-bond donors (Lipinski definition) is 3. The van der Waals surface area contributed by atoms with Gasteiger partial charge in [-0.25, -0.2) is 9.78 Å². The molecule has 0 aliphatic rings. The lowest BCUT2D eigenvalue weighted by molar-refractivity contribution is 0.0690. The molecule has 0 fully saturated rings. The molecule has 0 saturated carbocycles.